The van der Waals surface area contributed by atoms with Gasteiger partial charge in [0.2, 0.25) is 6.40 Å². The summed E-state index contributed by atoms with van der Waals surface area (Å²) in [5, 5.41) is 0. The highest BCUT2D eigenvalue weighted by Crippen LogP contribution is 2.16. The van der Waals surface area contributed by atoms with Crippen LogP contribution >= 0.6 is 0 Å². The van der Waals surface area contributed by atoms with Crippen molar-refractivity contribution in [2.45, 2.75) is 51.9 Å². The van der Waals surface area contributed by atoms with Crippen molar-refractivity contribution < 1.29 is 9.29 Å². The molecule has 0 aliphatic rings. The Morgan fingerprint density at radius 3 is 1.92 bits per heavy atom. The highest BCUT2D eigenvalue weighted by molar-refractivity contribution is 7.91. The summed E-state index contributed by atoms with van der Waals surface area (Å²) in [6.07, 6.45) is 1.28. The molecule has 0 saturated heterocycles. The second kappa shape index (κ2) is 4.33. The molecule has 0 aromatic carbocycles. The monoisotopic (exact) mass is 205 g/mol. The van der Waals surface area contributed by atoms with E-state index in [4.69, 9.17) is 4.74 Å². The van der Waals surface area contributed by atoms with Gasteiger partial charge in [0, 0.05) is 0 Å². The highest BCUT2D eigenvalue weighted by atomic mass is 32.2. The smallest absolute Gasteiger partial charge is 0.224 e. The third-order valence-corrected chi connectivity index (χ3v) is 2.39. The molecule has 0 radical (unpaired) electrons. The van der Waals surface area contributed by atoms with Gasteiger partial charge in [0.15, 0.2) is 0 Å². The van der Waals surface area contributed by atoms with Crippen LogP contribution in [0.25, 0.3) is 0 Å². The van der Waals surface area contributed by atoms with Gasteiger partial charge in [0.05, 0.1) is 0 Å². The zero-order chi connectivity index (χ0) is 10.7. The van der Waals surface area contributed by atoms with Crippen molar-refractivity contribution in [1.82, 2.24) is 0 Å². The van der Waals surface area contributed by atoms with Gasteiger partial charge >= 0.3 is 0 Å². The molecule has 0 spiro atoms. The Morgan fingerprint density at radius 2 is 1.62 bits per heavy atom. The van der Waals surface area contributed by atoms with Crippen LogP contribution in [0.2, 0.25) is 0 Å². The van der Waals surface area contributed by atoms with E-state index in [9.17, 15) is 4.55 Å². The summed E-state index contributed by atoms with van der Waals surface area (Å²) in [6, 6.07) is 0. The molecule has 0 bridgehead atoms. The van der Waals surface area contributed by atoms with Crippen LogP contribution in [-0.2, 0) is 16.1 Å². The molecule has 3 nitrogen and oxygen atoms in total. The lowest BCUT2D eigenvalue weighted by Crippen LogP contribution is -2.26. The number of nitrogens with zero attached hydrogens (tertiary/aromatic N) is 1. The first-order valence-electron chi connectivity index (χ1n) is 4.25. The summed E-state index contributed by atoms with van der Waals surface area (Å²) < 4.78 is 20.1. The summed E-state index contributed by atoms with van der Waals surface area (Å²) in [6.45, 7) is 11.4. The standard InChI is InChI=1S/C9H19NO2S/c1-8(2,3)12-7-10-13(11)9(4,5)6/h7H,1-6H3/b10-7-/t13-/m1/s1. The van der Waals surface area contributed by atoms with E-state index < -0.39 is 11.4 Å². The minimum absolute atomic E-state index is 0.272. The van der Waals surface area contributed by atoms with Crippen molar-refractivity contribution in [3.63, 3.8) is 0 Å². The summed E-state index contributed by atoms with van der Waals surface area (Å²) in [7, 11) is 0. The zero-order valence-corrected chi connectivity index (χ0v) is 10.1. The van der Waals surface area contributed by atoms with Crippen LogP contribution in [0.5, 0.6) is 0 Å². The second-order valence-electron chi connectivity index (χ2n) is 4.80. The molecule has 0 aliphatic carbocycles. The molecule has 0 aromatic rings. The minimum Gasteiger partial charge on any atom is -0.591 e. The molecule has 4 heteroatoms. The average Bonchev–Trinajstić information content (AvgIpc) is 1.82. The SMILES string of the molecule is CC(C)(C)O/C=N\[S@+]([O-])C(C)(C)C. The van der Waals surface area contributed by atoms with E-state index in [2.05, 4.69) is 4.40 Å². The Kier molecular flexibility index (Phi) is 4.26. The van der Waals surface area contributed by atoms with Crippen LogP contribution < -0.4 is 0 Å². The zero-order valence-electron chi connectivity index (χ0n) is 9.25. The van der Waals surface area contributed by atoms with E-state index in [0.717, 1.165) is 0 Å². The summed E-state index contributed by atoms with van der Waals surface area (Å²) in [4.78, 5) is 0. The van der Waals surface area contributed by atoms with E-state index >= 15 is 0 Å². The molecule has 0 aromatic heterocycles. The third kappa shape index (κ3) is 6.90. The normalized spacial score (nSPS) is 16.2. The van der Waals surface area contributed by atoms with Crippen molar-refractivity contribution in [2.24, 2.45) is 4.40 Å². The lowest BCUT2D eigenvalue weighted by atomic mass is 10.2. The molecule has 0 fully saturated rings. The fraction of sp³-hybridized carbons (Fsp3) is 0.889. The van der Waals surface area contributed by atoms with Crippen molar-refractivity contribution >= 4 is 17.8 Å². The lowest BCUT2D eigenvalue weighted by Gasteiger charge is -2.19. The van der Waals surface area contributed by atoms with E-state index in [-0.39, 0.29) is 10.3 Å². The first-order chi connectivity index (χ1) is 5.63. The van der Waals surface area contributed by atoms with Gasteiger partial charge in [-0.2, -0.15) is 0 Å². The first kappa shape index (κ1) is 12.8. The highest BCUT2D eigenvalue weighted by Gasteiger charge is 2.26. The fourth-order valence-corrected chi connectivity index (χ4v) is 0.814. The van der Waals surface area contributed by atoms with Gasteiger partial charge in [-0.1, -0.05) is 0 Å². The van der Waals surface area contributed by atoms with Gasteiger partial charge in [-0.05, 0) is 45.9 Å². The Hall–Kier alpha value is -0.220. The van der Waals surface area contributed by atoms with Crippen LogP contribution in [0.4, 0.5) is 0 Å². The maximum Gasteiger partial charge on any atom is 0.224 e. The predicted molar refractivity (Wildman–Crippen MR) is 57.2 cm³/mol. The maximum atomic E-state index is 11.4. The van der Waals surface area contributed by atoms with Crippen LogP contribution in [0, 0.1) is 0 Å². The molecule has 0 saturated carbocycles. The van der Waals surface area contributed by atoms with Crippen LogP contribution in [0.1, 0.15) is 41.5 Å². The van der Waals surface area contributed by atoms with Crippen LogP contribution in [-0.4, -0.2) is 21.3 Å². The molecule has 0 aliphatic heterocycles. The van der Waals surface area contributed by atoms with E-state index in [1.807, 2.05) is 41.5 Å². The summed E-state index contributed by atoms with van der Waals surface area (Å²) in [5.41, 5.74) is -0.272. The molecule has 13 heavy (non-hydrogen) atoms. The van der Waals surface area contributed by atoms with E-state index in [1.54, 1.807) is 0 Å². The summed E-state index contributed by atoms with van der Waals surface area (Å²) in [5.74, 6) is 0. The van der Waals surface area contributed by atoms with Gasteiger partial charge in [-0.15, -0.1) is 0 Å². The molecule has 0 rings (SSSR count). The van der Waals surface area contributed by atoms with Crippen molar-refractivity contribution in [3.05, 3.63) is 0 Å². The summed E-state index contributed by atoms with van der Waals surface area (Å²) >= 11 is -1.23. The van der Waals surface area contributed by atoms with E-state index in [0.29, 0.717) is 0 Å². The third-order valence-electron chi connectivity index (χ3n) is 1.07. The Balaban J connectivity index is 4.00. The Morgan fingerprint density at radius 1 is 1.15 bits per heavy atom. The fourth-order valence-electron chi connectivity index (χ4n) is 0.377. The number of rotatable bonds is 2. The maximum absolute atomic E-state index is 11.4. The minimum atomic E-state index is -1.23. The van der Waals surface area contributed by atoms with Gasteiger partial charge in [-0.25, -0.2) is 0 Å². The molecule has 78 valence electrons. The molecule has 0 N–H and O–H groups in total. The quantitative estimate of drug-likeness (QED) is 0.394. The van der Waals surface area contributed by atoms with Crippen molar-refractivity contribution in [3.8, 4) is 0 Å². The van der Waals surface area contributed by atoms with E-state index in [1.165, 1.54) is 6.40 Å². The topological polar surface area (TPSA) is 44.6 Å². The lowest BCUT2D eigenvalue weighted by molar-refractivity contribution is 0.127. The molecule has 0 heterocycles. The number of hydrogen-bond donors (Lipinski definition) is 0. The predicted octanol–water partition coefficient (Wildman–Crippen LogP) is 2.29. The number of hydrogen-bond acceptors (Lipinski definition) is 3. The van der Waals surface area contributed by atoms with Gasteiger partial charge in [0.25, 0.3) is 0 Å². The average molecular weight is 205 g/mol. The van der Waals surface area contributed by atoms with Gasteiger partial charge in [0.1, 0.15) is 21.7 Å². The van der Waals surface area contributed by atoms with Gasteiger partial charge in [-0.3, -0.25) is 0 Å². The molecule has 0 unspecified atom stereocenters. The van der Waals surface area contributed by atoms with Crippen LogP contribution in [0.15, 0.2) is 4.40 Å². The van der Waals surface area contributed by atoms with Crippen molar-refractivity contribution in [2.75, 3.05) is 0 Å². The van der Waals surface area contributed by atoms with Gasteiger partial charge < -0.3 is 9.29 Å². The largest absolute Gasteiger partial charge is 0.591 e. The Bertz CT molecular complexity index is 179. The molecule has 0 amide bonds. The molecular weight excluding hydrogens is 186 g/mol. The Labute approximate surface area is 83.9 Å². The number of ether oxygens (including phenoxy) is 1. The first-order valence-corrected chi connectivity index (χ1v) is 5.36. The van der Waals surface area contributed by atoms with Crippen molar-refractivity contribution in [1.29, 1.82) is 0 Å². The molecule has 1 atom stereocenters. The second-order valence-corrected chi connectivity index (χ2v) is 6.74. The van der Waals surface area contributed by atoms with Crippen LogP contribution in [0.3, 0.4) is 0 Å². The molecular formula is C9H19NO2S.